The van der Waals surface area contributed by atoms with Crippen LogP contribution in [0, 0.1) is 0 Å². The van der Waals surface area contributed by atoms with Gasteiger partial charge in [-0.15, -0.1) is 0 Å². The van der Waals surface area contributed by atoms with E-state index >= 15 is 0 Å². The molecule has 1 N–H and O–H groups in total. The number of hydrogen-bond donors (Lipinski definition) is 1. The van der Waals surface area contributed by atoms with Crippen molar-refractivity contribution < 1.29 is 28.7 Å². The third-order valence-corrected chi connectivity index (χ3v) is 4.19. The van der Waals surface area contributed by atoms with Crippen LogP contribution in [0.15, 0.2) is 48.0 Å². The summed E-state index contributed by atoms with van der Waals surface area (Å²) in [5.41, 5.74) is 0.446. The van der Waals surface area contributed by atoms with Crippen LogP contribution in [0.25, 0.3) is 6.08 Å². The Balaban J connectivity index is 1.98. The van der Waals surface area contributed by atoms with Crippen LogP contribution in [-0.4, -0.2) is 30.9 Å². The topological polar surface area (TPSA) is 102 Å². The SMILES string of the molecule is COc1cc(/C=C2\C(=O)NC(=O)N(c3ccc(Cl)cc3)C2=O)ccc1OC(C)=O. The Morgan fingerprint density at radius 1 is 1.07 bits per heavy atom. The van der Waals surface area contributed by atoms with E-state index in [1.807, 2.05) is 0 Å². The molecule has 3 rings (SSSR count). The van der Waals surface area contributed by atoms with E-state index < -0.39 is 23.8 Å². The molecule has 8 nitrogen and oxygen atoms in total. The van der Waals surface area contributed by atoms with E-state index in [1.165, 1.54) is 62.6 Å². The van der Waals surface area contributed by atoms with Gasteiger partial charge in [-0.25, -0.2) is 9.69 Å². The number of rotatable bonds is 4. The minimum absolute atomic E-state index is 0.194. The van der Waals surface area contributed by atoms with Gasteiger partial charge in [0, 0.05) is 11.9 Å². The third-order valence-electron chi connectivity index (χ3n) is 3.94. The molecule has 0 aromatic heterocycles. The van der Waals surface area contributed by atoms with Gasteiger partial charge in [0.2, 0.25) is 0 Å². The van der Waals surface area contributed by atoms with E-state index in [0.717, 1.165) is 4.90 Å². The molecule has 1 fully saturated rings. The number of hydrogen-bond acceptors (Lipinski definition) is 6. The van der Waals surface area contributed by atoms with Gasteiger partial charge in [0.25, 0.3) is 11.8 Å². The average molecular weight is 415 g/mol. The summed E-state index contributed by atoms with van der Waals surface area (Å²) in [5, 5.41) is 2.57. The first-order valence-electron chi connectivity index (χ1n) is 8.33. The summed E-state index contributed by atoms with van der Waals surface area (Å²) in [6.45, 7) is 1.25. The maximum Gasteiger partial charge on any atom is 0.335 e. The van der Waals surface area contributed by atoms with Crippen LogP contribution < -0.4 is 19.7 Å². The van der Waals surface area contributed by atoms with Gasteiger partial charge in [0.15, 0.2) is 11.5 Å². The average Bonchev–Trinajstić information content (AvgIpc) is 2.67. The maximum absolute atomic E-state index is 12.8. The summed E-state index contributed by atoms with van der Waals surface area (Å²) in [5.74, 6) is -1.70. The Labute approximate surface area is 170 Å². The van der Waals surface area contributed by atoms with Crippen LogP contribution in [0.2, 0.25) is 5.02 Å². The quantitative estimate of drug-likeness (QED) is 0.357. The van der Waals surface area contributed by atoms with Gasteiger partial charge < -0.3 is 9.47 Å². The second kappa shape index (κ2) is 8.15. The highest BCUT2D eigenvalue weighted by molar-refractivity contribution is 6.39. The van der Waals surface area contributed by atoms with Gasteiger partial charge >= 0.3 is 12.0 Å². The lowest BCUT2D eigenvalue weighted by atomic mass is 10.1. The number of ether oxygens (including phenoxy) is 2. The number of carbonyl (C=O) groups excluding carboxylic acids is 4. The lowest BCUT2D eigenvalue weighted by molar-refractivity contribution is -0.132. The molecule has 0 atom stereocenters. The van der Waals surface area contributed by atoms with Gasteiger partial charge in [-0.2, -0.15) is 0 Å². The van der Waals surface area contributed by atoms with E-state index in [0.29, 0.717) is 10.6 Å². The lowest BCUT2D eigenvalue weighted by Gasteiger charge is -2.26. The summed E-state index contributed by atoms with van der Waals surface area (Å²) < 4.78 is 10.2. The van der Waals surface area contributed by atoms with Crippen molar-refractivity contribution in [3.8, 4) is 11.5 Å². The number of nitrogens with one attached hydrogen (secondary N) is 1. The lowest BCUT2D eigenvalue weighted by Crippen LogP contribution is -2.54. The van der Waals surface area contributed by atoms with Gasteiger partial charge in [-0.05, 0) is 48.0 Å². The molecular weight excluding hydrogens is 400 g/mol. The second-order valence-corrected chi connectivity index (χ2v) is 6.37. The number of imide groups is 2. The molecule has 0 spiro atoms. The first kappa shape index (κ1) is 20.1. The summed E-state index contributed by atoms with van der Waals surface area (Å²) in [4.78, 5) is 49.3. The Hall–Kier alpha value is -3.65. The fourth-order valence-corrected chi connectivity index (χ4v) is 2.79. The molecule has 0 bridgehead atoms. The second-order valence-electron chi connectivity index (χ2n) is 5.94. The van der Waals surface area contributed by atoms with Crippen molar-refractivity contribution in [3.05, 3.63) is 58.6 Å². The van der Waals surface area contributed by atoms with Gasteiger partial charge in [0.1, 0.15) is 5.57 Å². The van der Waals surface area contributed by atoms with Gasteiger partial charge in [0.05, 0.1) is 12.8 Å². The van der Waals surface area contributed by atoms with Crippen LogP contribution in [0.4, 0.5) is 10.5 Å². The molecule has 4 amide bonds. The molecule has 29 heavy (non-hydrogen) atoms. The predicted molar refractivity (Wildman–Crippen MR) is 105 cm³/mol. The number of barbiturate groups is 1. The van der Waals surface area contributed by atoms with Crippen molar-refractivity contribution in [2.45, 2.75) is 6.92 Å². The minimum Gasteiger partial charge on any atom is -0.493 e. The van der Waals surface area contributed by atoms with E-state index in [-0.39, 0.29) is 22.8 Å². The number of urea groups is 1. The molecule has 2 aromatic rings. The van der Waals surface area contributed by atoms with Gasteiger partial charge in [-0.1, -0.05) is 17.7 Å². The number of esters is 1. The fourth-order valence-electron chi connectivity index (χ4n) is 2.66. The fraction of sp³-hybridized carbons (Fsp3) is 0.100. The molecule has 0 aliphatic carbocycles. The molecule has 1 aliphatic heterocycles. The highest BCUT2D eigenvalue weighted by Crippen LogP contribution is 2.30. The normalized spacial score (nSPS) is 15.3. The number of benzene rings is 2. The number of halogens is 1. The standard InChI is InChI=1S/C20H15ClN2O6/c1-11(24)29-16-8-3-12(10-17(16)28-2)9-15-18(25)22-20(27)23(19(15)26)14-6-4-13(21)5-7-14/h3-10H,1-2H3,(H,22,25,27)/b15-9+. The Kier molecular flexibility index (Phi) is 5.65. The summed E-state index contributed by atoms with van der Waals surface area (Å²) in [6, 6.07) is 9.68. The van der Waals surface area contributed by atoms with Crippen LogP contribution in [0.5, 0.6) is 11.5 Å². The molecule has 9 heteroatoms. The molecular formula is C20H15ClN2O6. The zero-order chi connectivity index (χ0) is 21.1. The monoisotopic (exact) mass is 414 g/mol. The molecule has 1 aliphatic rings. The summed E-state index contributed by atoms with van der Waals surface area (Å²) in [6.07, 6.45) is 1.31. The number of anilines is 1. The molecule has 148 valence electrons. The predicted octanol–water partition coefficient (Wildman–Crippen LogP) is 2.94. The van der Waals surface area contributed by atoms with Crippen molar-refractivity contribution in [1.29, 1.82) is 0 Å². The highest BCUT2D eigenvalue weighted by Gasteiger charge is 2.36. The van der Waals surface area contributed by atoms with Crippen LogP contribution in [0.1, 0.15) is 12.5 Å². The van der Waals surface area contributed by atoms with Crippen molar-refractivity contribution in [3.63, 3.8) is 0 Å². The molecule has 1 heterocycles. The minimum atomic E-state index is -0.859. The van der Waals surface area contributed by atoms with Crippen LogP contribution in [-0.2, 0) is 14.4 Å². The van der Waals surface area contributed by atoms with Gasteiger partial charge in [-0.3, -0.25) is 19.7 Å². The van der Waals surface area contributed by atoms with Crippen LogP contribution in [0.3, 0.4) is 0 Å². The first-order chi connectivity index (χ1) is 13.8. The van der Waals surface area contributed by atoms with Crippen molar-refractivity contribution in [2.24, 2.45) is 0 Å². The third kappa shape index (κ3) is 4.27. The zero-order valence-electron chi connectivity index (χ0n) is 15.4. The summed E-state index contributed by atoms with van der Waals surface area (Å²) >= 11 is 5.84. The van der Waals surface area contributed by atoms with E-state index in [9.17, 15) is 19.2 Å². The van der Waals surface area contributed by atoms with E-state index in [1.54, 1.807) is 0 Å². The van der Waals surface area contributed by atoms with E-state index in [4.69, 9.17) is 21.1 Å². The first-order valence-corrected chi connectivity index (χ1v) is 8.71. The van der Waals surface area contributed by atoms with Crippen LogP contribution >= 0.6 is 11.6 Å². The molecule has 0 saturated carbocycles. The Morgan fingerprint density at radius 3 is 2.38 bits per heavy atom. The highest BCUT2D eigenvalue weighted by atomic mass is 35.5. The maximum atomic E-state index is 12.8. The smallest absolute Gasteiger partial charge is 0.335 e. The Bertz CT molecular complexity index is 1050. The number of amides is 4. The van der Waals surface area contributed by atoms with Crippen molar-refractivity contribution in [2.75, 3.05) is 12.0 Å². The number of methoxy groups -OCH3 is 1. The van der Waals surface area contributed by atoms with Crippen molar-refractivity contribution >= 4 is 47.2 Å². The Morgan fingerprint density at radius 2 is 1.76 bits per heavy atom. The summed E-state index contributed by atoms with van der Waals surface area (Å²) in [7, 11) is 1.39. The molecule has 2 aromatic carbocycles. The largest absolute Gasteiger partial charge is 0.493 e. The van der Waals surface area contributed by atoms with Crippen molar-refractivity contribution in [1.82, 2.24) is 5.32 Å². The molecule has 0 unspecified atom stereocenters. The number of carbonyl (C=O) groups is 4. The molecule has 1 saturated heterocycles. The van der Waals surface area contributed by atoms with E-state index in [2.05, 4.69) is 5.32 Å². The molecule has 0 radical (unpaired) electrons. The number of nitrogens with zero attached hydrogens (tertiary/aromatic N) is 1. The zero-order valence-corrected chi connectivity index (χ0v) is 16.1.